The maximum Gasteiger partial charge on any atom is 0.221 e. The molecule has 1 aromatic heterocycles. The van der Waals surface area contributed by atoms with Crippen LogP contribution in [-0.2, 0) is 4.79 Å². The zero-order chi connectivity index (χ0) is 16.1. The highest BCUT2D eigenvalue weighted by molar-refractivity contribution is 5.76. The van der Waals surface area contributed by atoms with Crippen LogP contribution in [0.1, 0.15) is 31.2 Å². The van der Waals surface area contributed by atoms with E-state index in [-0.39, 0.29) is 5.91 Å². The normalized spacial score (nSPS) is 20.9. The van der Waals surface area contributed by atoms with Crippen molar-refractivity contribution in [2.45, 2.75) is 31.7 Å². The molecular formula is C17H23N5O. The highest BCUT2D eigenvalue weighted by Gasteiger charge is 2.25. The molecule has 1 aromatic rings. The molecule has 1 atom stereocenters. The largest absolute Gasteiger partial charge is 0.369 e. The van der Waals surface area contributed by atoms with Gasteiger partial charge in [-0.2, -0.15) is 5.26 Å². The van der Waals surface area contributed by atoms with Crippen molar-refractivity contribution in [2.75, 3.05) is 31.5 Å². The van der Waals surface area contributed by atoms with Crippen LogP contribution in [0.2, 0.25) is 0 Å². The van der Waals surface area contributed by atoms with E-state index in [2.05, 4.69) is 26.6 Å². The van der Waals surface area contributed by atoms with Crippen molar-refractivity contribution in [2.24, 2.45) is 5.92 Å². The van der Waals surface area contributed by atoms with Crippen LogP contribution in [0.15, 0.2) is 18.3 Å². The lowest BCUT2D eigenvalue weighted by Gasteiger charge is -2.16. The number of likely N-dealkylation sites (tertiary alicyclic amines) is 1. The summed E-state index contributed by atoms with van der Waals surface area (Å²) in [5.74, 6) is 1.38. The zero-order valence-electron chi connectivity index (χ0n) is 13.3. The van der Waals surface area contributed by atoms with Crippen molar-refractivity contribution in [3.63, 3.8) is 0 Å². The summed E-state index contributed by atoms with van der Waals surface area (Å²) in [5.41, 5.74) is 0.583. The van der Waals surface area contributed by atoms with E-state index in [9.17, 15) is 4.79 Å². The Morgan fingerprint density at radius 2 is 2.30 bits per heavy atom. The van der Waals surface area contributed by atoms with Gasteiger partial charge < -0.3 is 15.5 Å². The fraction of sp³-hybridized carbons (Fsp3) is 0.588. The van der Waals surface area contributed by atoms with Gasteiger partial charge in [0.1, 0.15) is 11.9 Å². The molecule has 122 valence electrons. The number of anilines is 1. The average Bonchev–Trinajstić information content (AvgIpc) is 3.26. The van der Waals surface area contributed by atoms with Gasteiger partial charge in [-0.3, -0.25) is 4.79 Å². The van der Waals surface area contributed by atoms with Crippen molar-refractivity contribution < 1.29 is 4.79 Å². The molecule has 0 bridgehead atoms. The second kappa shape index (κ2) is 7.42. The number of rotatable bonds is 7. The minimum Gasteiger partial charge on any atom is -0.369 e. The van der Waals surface area contributed by atoms with Crippen LogP contribution in [-0.4, -0.2) is 48.0 Å². The van der Waals surface area contributed by atoms with E-state index in [1.807, 2.05) is 0 Å². The van der Waals surface area contributed by atoms with Crippen LogP contribution in [0.4, 0.5) is 5.82 Å². The highest BCUT2D eigenvalue weighted by Crippen LogP contribution is 2.20. The van der Waals surface area contributed by atoms with Crippen LogP contribution < -0.4 is 10.6 Å². The molecule has 2 aliphatic rings. The van der Waals surface area contributed by atoms with E-state index >= 15 is 0 Å². The second-order valence-electron chi connectivity index (χ2n) is 6.44. The summed E-state index contributed by atoms with van der Waals surface area (Å²) in [6.07, 6.45) is 5.69. The van der Waals surface area contributed by atoms with Crippen molar-refractivity contribution in [3.05, 3.63) is 23.9 Å². The fourth-order valence-corrected chi connectivity index (χ4v) is 2.95. The quantitative estimate of drug-likeness (QED) is 0.794. The predicted octanol–water partition coefficient (Wildman–Crippen LogP) is 1.36. The number of nitrogens with zero attached hydrogens (tertiary/aromatic N) is 3. The smallest absolute Gasteiger partial charge is 0.221 e. The van der Waals surface area contributed by atoms with E-state index in [4.69, 9.17) is 5.26 Å². The monoisotopic (exact) mass is 313 g/mol. The Labute approximate surface area is 136 Å². The molecule has 0 aromatic carbocycles. The molecule has 0 unspecified atom stereocenters. The van der Waals surface area contributed by atoms with Crippen LogP contribution in [0, 0.1) is 17.2 Å². The number of hydrogen-bond acceptors (Lipinski definition) is 5. The van der Waals surface area contributed by atoms with Crippen LogP contribution >= 0.6 is 0 Å². The van der Waals surface area contributed by atoms with Gasteiger partial charge in [0.15, 0.2) is 0 Å². The molecular weight excluding hydrogens is 290 g/mol. The van der Waals surface area contributed by atoms with E-state index in [1.54, 1.807) is 18.3 Å². The van der Waals surface area contributed by atoms with Crippen LogP contribution in [0.3, 0.4) is 0 Å². The first-order valence-corrected chi connectivity index (χ1v) is 8.35. The zero-order valence-corrected chi connectivity index (χ0v) is 13.3. The Balaban J connectivity index is 1.37. The van der Waals surface area contributed by atoms with E-state index < -0.39 is 0 Å². The Bertz CT molecular complexity index is 593. The topological polar surface area (TPSA) is 81.1 Å². The third kappa shape index (κ3) is 4.67. The van der Waals surface area contributed by atoms with Gasteiger partial charge in [0.25, 0.3) is 0 Å². The number of hydrogen-bond donors (Lipinski definition) is 2. The lowest BCUT2D eigenvalue weighted by molar-refractivity contribution is -0.121. The molecule has 2 heterocycles. The molecule has 6 nitrogen and oxygen atoms in total. The number of nitriles is 1. The minimum absolute atomic E-state index is 0.182. The predicted molar refractivity (Wildman–Crippen MR) is 87.8 cm³/mol. The summed E-state index contributed by atoms with van der Waals surface area (Å²) in [4.78, 5) is 18.3. The lowest BCUT2D eigenvalue weighted by Crippen LogP contribution is -2.31. The number of carbonyl (C=O) groups is 1. The van der Waals surface area contributed by atoms with Crippen LogP contribution in [0.5, 0.6) is 0 Å². The molecule has 0 radical (unpaired) electrons. The number of pyridine rings is 1. The molecule has 23 heavy (non-hydrogen) atoms. The molecule has 0 spiro atoms. The van der Waals surface area contributed by atoms with Gasteiger partial charge in [-0.05, 0) is 43.9 Å². The molecule has 1 aliphatic carbocycles. The second-order valence-corrected chi connectivity index (χ2v) is 6.44. The first-order valence-electron chi connectivity index (χ1n) is 8.35. The Kier molecular flexibility index (Phi) is 5.09. The molecule has 1 amide bonds. The summed E-state index contributed by atoms with van der Waals surface area (Å²) >= 11 is 0. The van der Waals surface area contributed by atoms with Gasteiger partial charge in [-0.15, -0.1) is 0 Å². The Hall–Kier alpha value is -2.13. The van der Waals surface area contributed by atoms with Crippen LogP contribution in [0.25, 0.3) is 0 Å². The lowest BCUT2D eigenvalue weighted by atomic mass is 10.1. The van der Waals surface area contributed by atoms with Crippen molar-refractivity contribution in [3.8, 4) is 6.07 Å². The van der Waals surface area contributed by atoms with E-state index in [0.717, 1.165) is 45.4 Å². The Morgan fingerprint density at radius 1 is 1.43 bits per heavy atom. The van der Waals surface area contributed by atoms with Gasteiger partial charge >= 0.3 is 0 Å². The summed E-state index contributed by atoms with van der Waals surface area (Å²) in [6, 6.07) is 6.15. The number of carbonyl (C=O) groups excluding carboxylic acids is 1. The number of aromatic nitrogens is 1. The van der Waals surface area contributed by atoms with E-state index in [0.29, 0.717) is 29.8 Å². The van der Waals surface area contributed by atoms with Gasteiger partial charge in [0, 0.05) is 38.3 Å². The first kappa shape index (κ1) is 15.8. The highest BCUT2D eigenvalue weighted by atomic mass is 16.1. The van der Waals surface area contributed by atoms with Gasteiger partial charge in [-0.1, -0.05) is 0 Å². The van der Waals surface area contributed by atoms with Gasteiger partial charge in [0.05, 0.1) is 5.56 Å². The Morgan fingerprint density at radius 3 is 3.09 bits per heavy atom. The third-order valence-electron chi connectivity index (χ3n) is 4.45. The minimum atomic E-state index is 0.182. The molecule has 2 N–H and O–H groups in total. The molecule has 1 saturated carbocycles. The van der Waals surface area contributed by atoms with Crippen molar-refractivity contribution in [1.29, 1.82) is 5.26 Å². The van der Waals surface area contributed by atoms with Crippen molar-refractivity contribution >= 4 is 11.7 Å². The van der Waals surface area contributed by atoms with Gasteiger partial charge in [-0.25, -0.2) is 4.98 Å². The fourth-order valence-electron chi connectivity index (χ4n) is 2.95. The maximum absolute atomic E-state index is 11.7. The molecule has 6 heteroatoms. The average molecular weight is 313 g/mol. The van der Waals surface area contributed by atoms with Crippen molar-refractivity contribution in [1.82, 2.24) is 15.2 Å². The summed E-state index contributed by atoms with van der Waals surface area (Å²) in [6.45, 7) is 3.69. The van der Waals surface area contributed by atoms with E-state index in [1.165, 1.54) is 0 Å². The summed E-state index contributed by atoms with van der Waals surface area (Å²) < 4.78 is 0. The molecule has 1 saturated heterocycles. The van der Waals surface area contributed by atoms with Gasteiger partial charge in [0.2, 0.25) is 5.91 Å². The SMILES string of the molecule is N#Cc1cccnc1NC[C@@H]1CCN(CCC(=O)NC2CC2)C1. The maximum atomic E-state index is 11.7. The molecule has 1 aliphatic heterocycles. The third-order valence-corrected chi connectivity index (χ3v) is 4.45. The number of amides is 1. The molecule has 2 fully saturated rings. The standard InChI is InChI=1S/C17H23N5O/c18-10-14-2-1-7-19-17(14)20-11-13-5-8-22(12-13)9-6-16(23)21-15-3-4-15/h1-2,7,13,15H,3-6,8-9,11-12H2,(H,19,20)(H,21,23)/t13-/m0/s1. The summed E-state index contributed by atoms with van der Waals surface area (Å²) in [7, 11) is 0. The summed E-state index contributed by atoms with van der Waals surface area (Å²) in [5, 5.41) is 15.4. The molecule has 3 rings (SSSR count). The number of nitrogens with one attached hydrogen (secondary N) is 2. The first-order chi connectivity index (χ1) is 11.2.